The number of anilines is 1. The Morgan fingerprint density at radius 1 is 1.09 bits per heavy atom. The van der Waals surface area contributed by atoms with E-state index in [-0.39, 0.29) is 19.2 Å². The van der Waals surface area contributed by atoms with Gasteiger partial charge in [-0.2, -0.15) is 0 Å². The summed E-state index contributed by atoms with van der Waals surface area (Å²) in [7, 11) is 0. The third-order valence-electron chi connectivity index (χ3n) is 4.13. The lowest BCUT2D eigenvalue weighted by Crippen LogP contribution is -2.31. The highest BCUT2D eigenvalue weighted by Gasteiger charge is 2.36. The van der Waals surface area contributed by atoms with Crippen molar-refractivity contribution in [2.24, 2.45) is 0 Å². The van der Waals surface area contributed by atoms with Gasteiger partial charge in [-0.25, -0.2) is 0 Å². The van der Waals surface area contributed by atoms with Crippen molar-refractivity contribution in [2.45, 2.75) is 5.92 Å². The second kappa shape index (κ2) is 5.01. The van der Waals surface area contributed by atoms with Crippen molar-refractivity contribution >= 4 is 17.6 Å². The van der Waals surface area contributed by atoms with Gasteiger partial charge in [0.1, 0.15) is 5.92 Å². The normalized spacial score (nSPS) is 17.9. The summed E-state index contributed by atoms with van der Waals surface area (Å²) >= 11 is 0. The predicted molar refractivity (Wildman–Crippen MR) is 81.1 cm³/mol. The number of carboxylic acids is 1. The molecule has 0 saturated carbocycles. The van der Waals surface area contributed by atoms with E-state index in [1.165, 1.54) is 4.90 Å². The van der Waals surface area contributed by atoms with Crippen LogP contribution in [0.5, 0.6) is 11.5 Å². The van der Waals surface area contributed by atoms with E-state index in [0.29, 0.717) is 28.3 Å². The molecule has 2 aliphatic rings. The topological polar surface area (TPSA) is 76.1 Å². The fourth-order valence-corrected chi connectivity index (χ4v) is 3.00. The molecule has 23 heavy (non-hydrogen) atoms. The Morgan fingerprint density at radius 3 is 2.70 bits per heavy atom. The third-order valence-corrected chi connectivity index (χ3v) is 4.13. The molecule has 6 heteroatoms. The van der Waals surface area contributed by atoms with Gasteiger partial charge in [0.2, 0.25) is 6.79 Å². The van der Waals surface area contributed by atoms with Crippen LogP contribution in [-0.2, 0) is 4.79 Å². The molecule has 6 nitrogen and oxygen atoms in total. The van der Waals surface area contributed by atoms with Crippen molar-refractivity contribution in [1.29, 1.82) is 0 Å². The van der Waals surface area contributed by atoms with E-state index < -0.39 is 11.9 Å². The molecule has 1 amide bonds. The number of amides is 1. The van der Waals surface area contributed by atoms with E-state index in [0.717, 1.165) is 0 Å². The maximum absolute atomic E-state index is 12.8. The first kappa shape index (κ1) is 13.6. The number of hydrogen-bond acceptors (Lipinski definition) is 4. The lowest BCUT2D eigenvalue weighted by molar-refractivity contribution is -0.138. The molecule has 1 atom stereocenters. The van der Waals surface area contributed by atoms with Crippen LogP contribution in [0, 0.1) is 0 Å². The highest BCUT2D eigenvalue weighted by molar-refractivity contribution is 6.09. The maximum atomic E-state index is 12.8. The molecule has 0 saturated heterocycles. The van der Waals surface area contributed by atoms with E-state index in [4.69, 9.17) is 9.47 Å². The summed E-state index contributed by atoms with van der Waals surface area (Å²) in [4.78, 5) is 25.8. The van der Waals surface area contributed by atoms with Gasteiger partial charge in [0.25, 0.3) is 5.91 Å². The number of ether oxygens (including phenoxy) is 2. The number of carbonyl (C=O) groups excluding carboxylic acids is 1. The molecular formula is C17H13NO5. The van der Waals surface area contributed by atoms with Gasteiger partial charge in [0.15, 0.2) is 11.5 Å². The number of aliphatic carboxylic acids is 1. The van der Waals surface area contributed by atoms with Crippen molar-refractivity contribution in [3.05, 3.63) is 53.6 Å². The number of para-hydroxylation sites is 1. The van der Waals surface area contributed by atoms with Gasteiger partial charge in [-0.05, 0) is 29.8 Å². The maximum Gasteiger partial charge on any atom is 0.312 e. The molecule has 0 spiro atoms. The number of carboxylic acid groups (broad SMARTS) is 1. The van der Waals surface area contributed by atoms with E-state index >= 15 is 0 Å². The summed E-state index contributed by atoms with van der Waals surface area (Å²) in [5.74, 6) is -0.757. The van der Waals surface area contributed by atoms with Gasteiger partial charge in [0, 0.05) is 17.8 Å². The van der Waals surface area contributed by atoms with Crippen LogP contribution < -0.4 is 14.4 Å². The SMILES string of the molecule is O=C(O)C1CN(C(=O)c2ccc3c(c2)OCO3)c2ccccc21. The number of hydrogen-bond donors (Lipinski definition) is 1. The minimum atomic E-state index is -0.932. The van der Waals surface area contributed by atoms with Crippen LogP contribution >= 0.6 is 0 Å². The van der Waals surface area contributed by atoms with Gasteiger partial charge in [0.05, 0.1) is 0 Å². The smallest absolute Gasteiger partial charge is 0.312 e. The van der Waals surface area contributed by atoms with Crippen molar-refractivity contribution in [3.63, 3.8) is 0 Å². The molecule has 0 bridgehead atoms. The Morgan fingerprint density at radius 2 is 1.87 bits per heavy atom. The van der Waals surface area contributed by atoms with Gasteiger partial charge in [-0.1, -0.05) is 18.2 Å². The second-order valence-corrected chi connectivity index (χ2v) is 5.43. The highest BCUT2D eigenvalue weighted by Crippen LogP contribution is 2.38. The van der Waals surface area contributed by atoms with Crippen LogP contribution in [0.2, 0.25) is 0 Å². The van der Waals surface area contributed by atoms with E-state index in [1.807, 2.05) is 0 Å². The summed E-state index contributed by atoms with van der Waals surface area (Å²) < 4.78 is 10.5. The third kappa shape index (κ3) is 2.11. The van der Waals surface area contributed by atoms with Gasteiger partial charge >= 0.3 is 5.97 Å². The summed E-state index contributed by atoms with van der Waals surface area (Å²) in [5.41, 5.74) is 1.74. The highest BCUT2D eigenvalue weighted by atomic mass is 16.7. The van der Waals surface area contributed by atoms with Crippen LogP contribution in [0.4, 0.5) is 5.69 Å². The van der Waals surface area contributed by atoms with E-state index in [2.05, 4.69) is 0 Å². The first-order valence-corrected chi connectivity index (χ1v) is 7.18. The molecule has 116 valence electrons. The Kier molecular flexibility index (Phi) is 2.97. The van der Waals surface area contributed by atoms with Gasteiger partial charge < -0.3 is 19.5 Å². The molecule has 2 heterocycles. The van der Waals surface area contributed by atoms with Crippen LogP contribution in [0.3, 0.4) is 0 Å². The van der Waals surface area contributed by atoms with Crippen molar-refractivity contribution in [3.8, 4) is 11.5 Å². The molecule has 1 unspecified atom stereocenters. The van der Waals surface area contributed by atoms with Crippen molar-refractivity contribution in [1.82, 2.24) is 0 Å². The average molecular weight is 311 g/mol. The number of benzene rings is 2. The van der Waals surface area contributed by atoms with E-state index in [1.54, 1.807) is 42.5 Å². The quantitative estimate of drug-likeness (QED) is 0.920. The lowest BCUT2D eigenvalue weighted by atomic mass is 10.0. The second-order valence-electron chi connectivity index (χ2n) is 5.43. The molecular weight excluding hydrogens is 298 g/mol. The number of fused-ring (bicyclic) bond motifs is 2. The molecule has 0 fully saturated rings. The molecule has 0 aromatic heterocycles. The number of carbonyl (C=O) groups is 2. The molecule has 2 aromatic carbocycles. The minimum Gasteiger partial charge on any atom is -0.481 e. The van der Waals surface area contributed by atoms with Crippen molar-refractivity contribution in [2.75, 3.05) is 18.2 Å². The standard InChI is InChI=1S/C17H13NO5/c19-16(10-5-6-14-15(7-10)23-9-22-14)18-8-12(17(20)21)11-3-1-2-4-13(11)18/h1-7,12H,8-9H2,(H,20,21). The largest absolute Gasteiger partial charge is 0.481 e. The van der Waals surface area contributed by atoms with Crippen molar-refractivity contribution < 1.29 is 24.2 Å². The fourth-order valence-electron chi connectivity index (χ4n) is 3.00. The fraction of sp³-hybridized carbons (Fsp3) is 0.176. The first-order valence-electron chi connectivity index (χ1n) is 7.18. The zero-order chi connectivity index (χ0) is 16.0. The van der Waals surface area contributed by atoms with Crippen LogP contribution in [-0.4, -0.2) is 30.3 Å². The predicted octanol–water partition coefficient (Wildman–Crippen LogP) is 2.24. The van der Waals surface area contributed by atoms with E-state index in [9.17, 15) is 14.7 Å². The monoisotopic (exact) mass is 311 g/mol. The minimum absolute atomic E-state index is 0.127. The molecule has 2 aliphatic heterocycles. The van der Waals surface area contributed by atoms with Gasteiger partial charge in [-0.15, -0.1) is 0 Å². The molecule has 2 aromatic rings. The van der Waals surface area contributed by atoms with Gasteiger partial charge in [-0.3, -0.25) is 9.59 Å². The van der Waals surface area contributed by atoms with Crippen LogP contribution in [0.1, 0.15) is 21.8 Å². The zero-order valence-electron chi connectivity index (χ0n) is 12.1. The Labute approximate surface area is 131 Å². The van der Waals surface area contributed by atoms with Crippen LogP contribution in [0.15, 0.2) is 42.5 Å². The molecule has 0 radical (unpaired) electrons. The Hall–Kier alpha value is -3.02. The zero-order valence-corrected chi connectivity index (χ0v) is 12.1. The summed E-state index contributed by atoms with van der Waals surface area (Å²) in [6.45, 7) is 0.266. The average Bonchev–Trinajstić information content (AvgIpc) is 3.18. The van der Waals surface area contributed by atoms with Crippen LogP contribution in [0.25, 0.3) is 0 Å². The number of nitrogens with zero attached hydrogens (tertiary/aromatic N) is 1. The molecule has 4 rings (SSSR count). The summed E-state index contributed by atoms with van der Waals surface area (Å²) in [6, 6.07) is 12.1. The summed E-state index contributed by atoms with van der Waals surface area (Å²) in [5, 5.41) is 9.38. The molecule has 1 N–H and O–H groups in total. The number of rotatable bonds is 2. The lowest BCUT2D eigenvalue weighted by Gasteiger charge is -2.17. The molecule has 0 aliphatic carbocycles. The first-order chi connectivity index (χ1) is 11.1. The Bertz CT molecular complexity index is 816. The summed E-state index contributed by atoms with van der Waals surface area (Å²) in [6.07, 6.45) is 0. The Balaban J connectivity index is 1.71.